The van der Waals surface area contributed by atoms with E-state index in [0.29, 0.717) is 11.8 Å². The Bertz CT molecular complexity index is 605. The average Bonchev–Trinajstić information content (AvgIpc) is 2.53. The molecular formula is C16H18FNO3S. The molecule has 1 aliphatic heterocycles. The van der Waals surface area contributed by atoms with E-state index in [0.717, 1.165) is 31.1 Å². The Kier molecular flexibility index (Phi) is 4.38. The standard InChI is InChI=1S/C16H18FNO3S/c17-12-9-10(16(20)21)5-6-11(12)15(19)18-7-8-22-14-4-2-1-3-13(14)18/h5-6,9,13-14H,1-4,7-8H2,(H,20,21). The maximum Gasteiger partial charge on any atom is 0.335 e. The second-order valence-corrected chi connectivity index (χ2v) is 7.11. The molecule has 2 atom stereocenters. The first-order valence-corrected chi connectivity index (χ1v) is 8.58. The highest BCUT2D eigenvalue weighted by molar-refractivity contribution is 8.00. The molecule has 2 unspecified atom stereocenters. The molecule has 1 N–H and O–H groups in total. The molecule has 6 heteroatoms. The number of benzene rings is 1. The first kappa shape index (κ1) is 15.3. The van der Waals surface area contributed by atoms with Crippen molar-refractivity contribution in [3.05, 3.63) is 35.1 Å². The Hall–Kier alpha value is -1.56. The molecule has 0 bridgehead atoms. The van der Waals surface area contributed by atoms with Gasteiger partial charge in [0.1, 0.15) is 5.82 Å². The fourth-order valence-corrected chi connectivity index (χ4v) is 4.77. The fourth-order valence-electron chi connectivity index (χ4n) is 3.32. The largest absolute Gasteiger partial charge is 0.478 e. The van der Waals surface area contributed by atoms with Crippen LogP contribution in [0.2, 0.25) is 0 Å². The van der Waals surface area contributed by atoms with E-state index >= 15 is 0 Å². The van der Waals surface area contributed by atoms with Gasteiger partial charge < -0.3 is 10.0 Å². The number of amides is 1. The van der Waals surface area contributed by atoms with Crippen LogP contribution in [-0.2, 0) is 0 Å². The number of hydrogen-bond donors (Lipinski definition) is 1. The van der Waals surface area contributed by atoms with E-state index < -0.39 is 11.8 Å². The van der Waals surface area contributed by atoms with Crippen molar-refractivity contribution >= 4 is 23.6 Å². The van der Waals surface area contributed by atoms with Crippen LogP contribution in [0.3, 0.4) is 0 Å². The van der Waals surface area contributed by atoms with Crippen LogP contribution in [0.15, 0.2) is 18.2 Å². The minimum absolute atomic E-state index is 0.0266. The molecule has 1 aromatic carbocycles. The number of fused-ring (bicyclic) bond motifs is 1. The Morgan fingerprint density at radius 3 is 2.77 bits per heavy atom. The SMILES string of the molecule is O=C(O)c1ccc(C(=O)N2CCSC3CCCCC32)c(F)c1. The van der Waals surface area contributed by atoms with Crippen molar-refractivity contribution < 1.29 is 19.1 Å². The minimum Gasteiger partial charge on any atom is -0.478 e. The zero-order valence-corrected chi connectivity index (χ0v) is 12.9. The van der Waals surface area contributed by atoms with Crippen LogP contribution < -0.4 is 0 Å². The highest BCUT2D eigenvalue weighted by atomic mass is 32.2. The summed E-state index contributed by atoms with van der Waals surface area (Å²) in [6.07, 6.45) is 4.38. The highest BCUT2D eigenvalue weighted by Crippen LogP contribution is 2.36. The van der Waals surface area contributed by atoms with Crippen LogP contribution in [0.4, 0.5) is 4.39 Å². The summed E-state index contributed by atoms with van der Waals surface area (Å²) in [4.78, 5) is 25.3. The third kappa shape index (κ3) is 2.84. The van der Waals surface area contributed by atoms with E-state index in [-0.39, 0.29) is 23.1 Å². The summed E-state index contributed by atoms with van der Waals surface area (Å²) < 4.78 is 14.1. The smallest absolute Gasteiger partial charge is 0.335 e. The number of carboxylic acids is 1. The summed E-state index contributed by atoms with van der Waals surface area (Å²) in [5.41, 5.74) is -0.167. The second-order valence-electron chi connectivity index (χ2n) is 5.76. The number of rotatable bonds is 2. The van der Waals surface area contributed by atoms with Crippen LogP contribution in [0, 0.1) is 5.82 Å². The molecule has 2 fully saturated rings. The topological polar surface area (TPSA) is 57.6 Å². The van der Waals surface area contributed by atoms with Crippen LogP contribution >= 0.6 is 11.8 Å². The maximum absolute atomic E-state index is 14.1. The summed E-state index contributed by atoms with van der Waals surface area (Å²) in [5, 5.41) is 9.33. The third-order valence-electron chi connectivity index (χ3n) is 4.44. The van der Waals surface area contributed by atoms with Crippen LogP contribution in [-0.4, -0.2) is 45.5 Å². The van der Waals surface area contributed by atoms with Crippen molar-refractivity contribution in [3.8, 4) is 0 Å². The molecule has 1 saturated heterocycles. The Labute approximate surface area is 132 Å². The Morgan fingerprint density at radius 2 is 2.05 bits per heavy atom. The van der Waals surface area contributed by atoms with Gasteiger partial charge in [-0.15, -0.1) is 0 Å². The van der Waals surface area contributed by atoms with Crippen molar-refractivity contribution in [3.63, 3.8) is 0 Å². The lowest BCUT2D eigenvalue weighted by Crippen LogP contribution is -2.51. The summed E-state index contributed by atoms with van der Waals surface area (Å²) in [7, 11) is 0. The lowest BCUT2D eigenvalue weighted by atomic mass is 9.92. The quantitative estimate of drug-likeness (QED) is 0.909. The number of halogens is 1. The molecule has 22 heavy (non-hydrogen) atoms. The van der Waals surface area contributed by atoms with Gasteiger partial charge in [0.25, 0.3) is 5.91 Å². The summed E-state index contributed by atoms with van der Waals surface area (Å²) in [6.45, 7) is 0.630. The first-order valence-electron chi connectivity index (χ1n) is 7.53. The van der Waals surface area contributed by atoms with Crippen molar-refractivity contribution in [1.29, 1.82) is 0 Å². The van der Waals surface area contributed by atoms with Crippen molar-refractivity contribution in [1.82, 2.24) is 4.90 Å². The van der Waals surface area contributed by atoms with E-state index in [1.807, 2.05) is 11.8 Å². The predicted octanol–water partition coefficient (Wildman–Crippen LogP) is 3.02. The lowest BCUT2D eigenvalue weighted by molar-refractivity contribution is 0.0637. The molecule has 4 nitrogen and oxygen atoms in total. The Morgan fingerprint density at radius 1 is 1.27 bits per heavy atom. The normalized spacial score (nSPS) is 24.7. The van der Waals surface area contributed by atoms with Gasteiger partial charge in [0.2, 0.25) is 0 Å². The van der Waals surface area contributed by atoms with Gasteiger partial charge in [-0.3, -0.25) is 4.79 Å². The van der Waals surface area contributed by atoms with Gasteiger partial charge >= 0.3 is 5.97 Å². The lowest BCUT2D eigenvalue weighted by Gasteiger charge is -2.43. The van der Waals surface area contributed by atoms with Gasteiger partial charge in [-0.05, 0) is 31.0 Å². The number of aromatic carboxylic acids is 1. The number of hydrogen-bond acceptors (Lipinski definition) is 3. The van der Waals surface area contributed by atoms with E-state index in [9.17, 15) is 14.0 Å². The molecule has 3 rings (SSSR count). The summed E-state index contributed by atoms with van der Waals surface area (Å²) >= 11 is 1.91. The monoisotopic (exact) mass is 323 g/mol. The van der Waals surface area contributed by atoms with Gasteiger partial charge in [0.15, 0.2) is 0 Å². The van der Waals surface area contributed by atoms with Crippen LogP contribution in [0.5, 0.6) is 0 Å². The van der Waals surface area contributed by atoms with Crippen molar-refractivity contribution in [2.24, 2.45) is 0 Å². The molecule has 1 aromatic rings. The Balaban J connectivity index is 1.85. The van der Waals surface area contributed by atoms with Crippen molar-refractivity contribution in [2.45, 2.75) is 37.0 Å². The predicted molar refractivity (Wildman–Crippen MR) is 82.9 cm³/mol. The van der Waals surface area contributed by atoms with Gasteiger partial charge in [-0.25, -0.2) is 9.18 Å². The van der Waals surface area contributed by atoms with Gasteiger partial charge in [-0.2, -0.15) is 11.8 Å². The van der Waals surface area contributed by atoms with E-state index in [4.69, 9.17) is 5.11 Å². The van der Waals surface area contributed by atoms with E-state index in [1.165, 1.54) is 18.6 Å². The maximum atomic E-state index is 14.1. The van der Waals surface area contributed by atoms with E-state index in [2.05, 4.69) is 0 Å². The number of carbonyl (C=O) groups is 2. The van der Waals surface area contributed by atoms with Crippen LogP contribution in [0.25, 0.3) is 0 Å². The summed E-state index contributed by atoms with van der Waals surface area (Å²) in [6, 6.07) is 3.68. The first-order chi connectivity index (χ1) is 10.6. The molecule has 1 amide bonds. The molecule has 0 spiro atoms. The minimum atomic E-state index is -1.19. The molecule has 1 heterocycles. The summed E-state index contributed by atoms with van der Waals surface area (Å²) in [5.74, 6) is -1.39. The molecule has 118 valence electrons. The molecule has 0 radical (unpaired) electrons. The van der Waals surface area contributed by atoms with E-state index in [1.54, 1.807) is 4.90 Å². The van der Waals surface area contributed by atoms with Crippen LogP contribution in [0.1, 0.15) is 46.4 Å². The number of thioether (sulfide) groups is 1. The van der Waals surface area contributed by atoms with Crippen molar-refractivity contribution in [2.75, 3.05) is 12.3 Å². The van der Waals surface area contributed by atoms with Gasteiger partial charge in [0, 0.05) is 23.6 Å². The fraction of sp³-hybridized carbons (Fsp3) is 0.500. The molecular weight excluding hydrogens is 305 g/mol. The third-order valence-corrected chi connectivity index (χ3v) is 5.84. The number of carbonyl (C=O) groups excluding carboxylic acids is 1. The number of carboxylic acid groups (broad SMARTS) is 1. The average molecular weight is 323 g/mol. The highest BCUT2D eigenvalue weighted by Gasteiger charge is 2.37. The molecule has 1 aliphatic carbocycles. The molecule has 0 aromatic heterocycles. The zero-order chi connectivity index (χ0) is 15.7. The second kappa shape index (κ2) is 6.28. The van der Waals surface area contributed by atoms with Gasteiger partial charge in [-0.1, -0.05) is 12.8 Å². The molecule has 1 saturated carbocycles. The number of nitrogens with zero attached hydrogens (tertiary/aromatic N) is 1. The molecule has 2 aliphatic rings. The zero-order valence-electron chi connectivity index (χ0n) is 12.1. The van der Waals surface area contributed by atoms with Gasteiger partial charge in [0.05, 0.1) is 11.1 Å².